The van der Waals surface area contributed by atoms with Crippen molar-refractivity contribution < 1.29 is 8.81 Å². The highest BCUT2D eigenvalue weighted by Gasteiger charge is 2.25. The first-order chi connectivity index (χ1) is 10.8. The molecule has 4 nitrogen and oxygen atoms in total. The number of hydrogen-bond donors (Lipinski definition) is 0. The number of benzene rings is 1. The summed E-state index contributed by atoms with van der Waals surface area (Å²) in [6, 6.07) is 8.60. The van der Waals surface area contributed by atoms with E-state index in [0.29, 0.717) is 29.5 Å². The first-order valence-electron chi connectivity index (χ1n) is 7.45. The summed E-state index contributed by atoms with van der Waals surface area (Å²) in [5.74, 6) is 0.884. The van der Waals surface area contributed by atoms with Crippen LogP contribution in [-0.4, -0.2) is 28.0 Å². The third kappa shape index (κ3) is 2.60. The minimum absolute atomic E-state index is 0.297. The highest BCUT2D eigenvalue weighted by Crippen LogP contribution is 2.28. The highest BCUT2D eigenvalue weighted by atomic mass is 19.1. The molecule has 0 saturated carbocycles. The predicted octanol–water partition coefficient (Wildman–Crippen LogP) is 3.35. The summed E-state index contributed by atoms with van der Waals surface area (Å²) >= 11 is 0. The number of aromatic nitrogens is 2. The molecule has 0 aliphatic carbocycles. The monoisotopic (exact) mass is 297 g/mol. The Kier molecular flexibility index (Phi) is 3.35. The molecule has 1 aliphatic heterocycles. The summed E-state index contributed by atoms with van der Waals surface area (Å²) in [5.41, 5.74) is 2.55. The largest absolute Gasteiger partial charge is 0.439 e. The van der Waals surface area contributed by atoms with Crippen molar-refractivity contribution in [1.29, 1.82) is 0 Å². The molecule has 1 atom stereocenters. The minimum Gasteiger partial charge on any atom is -0.439 e. The first-order valence-corrected chi connectivity index (χ1v) is 7.45. The molecule has 5 heteroatoms. The first kappa shape index (κ1) is 13.4. The van der Waals surface area contributed by atoms with Crippen molar-refractivity contribution in [2.75, 3.05) is 13.1 Å². The average Bonchev–Trinajstić information content (AvgIpc) is 3.14. The van der Waals surface area contributed by atoms with E-state index in [1.807, 2.05) is 12.4 Å². The van der Waals surface area contributed by atoms with Crippen molar-refractivity contribution >= 4 is 11.1 Å². The number of rotatable bonds is 3. The minimum atomic E-state index is -0.297. The molecule has 1 aromatic carbocycles. The van der Waals surface area contributed by atoms with Crippen molar-refractivity contribution in [2.24, 2.45) is 0 Å². The third-order valence-corrected chi connectivity index (χ3v) is 4.20. The standard InChI is InChI=1S/C17H16FN3O/c18-14-1-2-15-16(9-14)22-17(20-15)11-21-8-5-13(10-21)12-3-6-19-7-4-12/h1-4,6-7,9,13H,5,8,10-11H2. The zero-order valence-electron chi connectivity index (χ0n) is 12.1. The van der Waals surface area contributed by atoms with Gasteiger partial charge >= 0.3 is 0 Å². The maximum absolute atomic E-state index is 13.2. The zero-order valence-corrected chi connectivity index (χ0v) is 12.1. The number of pyridine rings is 1. The number of hydrogen-bond acceptors (Lipinski definition) is 4. The van der Waals surface area contributed by atoms with Gasteiger partial charge < -0.3 is 4.42 Å². The molecule has 0 N–H and O–H groups in total. The summed E-state index contributed by atoms with van der Waals surface area (Å²) < 4.78 is 18.8. The Labute approximate surface area is 127 Å². The average molecular weight is 297 g/mol. The molecule has 1 fully saturated rings. The van der Waals surface area contributed by atoms with Crippen LogP contribution in [0.1, 0.15) is 23.8 Å². The number of halogens is 1. The Balaban J connectivity index is 1.47. The fraction of sp³-hybridized carbons (Fsp3) is 0.294. The number of oxazole rings is 1. The van der Waals surface area contributed by atoms with Gasteiger partial charge in [-0.3, -0.25) is 9.88 Å². The fourth-order valence-corrected chi connectivity index (χ4v) is 3.09. The molecule has 0 radical (unpaired) electrons. The van der Waals surface area contributed by atoms with Crippen LogP contribution in [-0.2, 0) is 6.54 Å². The van der Waals surface area contributed by atoms with E-state index < -0.39 is 0 Å². The van der Waals surface area contributed by atoms with Crippen LogP contribution in [0.5, 0.6) is 0 Å². The van der Waals surface area contributed by atoms with Crippen LogP contribution >= 0.6 is 0 Å². The van der Waals surface area contributed by atoms with E-state index in [2.05, 4.69) is 27.0 Å². The molecule has 2 aromatic heterocycles. The predicted molar refractivity (Wildman–Crippen MR) is 80.8 cm³/mol. The molecule has 1 saturated heterocycles. The molecule has 0 bridgehead atoms. The van der Waals surface area contributed by atoms with Crippen LogP contribution in [0.15, 0.2) is 47.1 Å². The molecule has 22 heavy (non-hydrogen) atoms. The molecule has 1 aliphatic rings. The molecular formula is C17H16FN3O. The van der Waals surface area contributed by atoms with Gasteiger partial charge in [-0.05, 0) is 48.7 Å². The Morgan fingerprint density at radius 3 is 2.95 bits per heavy atom. The second kappa shape index (κ2) is 5.50. The second-order valence-electron chi connectivity index (χ2n) is 5.72. The molecule has 1 unspecified atom stereocenters. The fourth-order valence-electron chi connectivity index (χ4n) is 3.09. The summed E-state index contributed by atoms with van der Waals surface area (Å²) in [7, 11) is 0. The second-order valence-corrected chi connectivity index (χ2v) is 5.72. The number of fused-ring (bicyclic) bond motifs is 1. The van der Waals surface area contributed by atoms with E-state index in [1.165, 1.54) is 17.7 Å². The Hall–Kier alpha value is -2.27. The van der Waals surface area contributed by atoms with E-state index >= 15 is 0 Å². The lowest BCUT2D eigenvalue weighted by molar-refractivity contribution is 0.291. The lowest BCUT2D eigenvalue weighted by Gasteiger charge is -2.13. The molecule has 4 rings (SSSR count). The smallest absolute Gasteiger partial charge is 0.209 e. The summed E-state index contributed by atoms with van der Waals surface area (Å²) in [5, 5.41) is 0. The van der Waals surface area contributed by atoms with Gasteiger partial charge in [-0.1, -0.05) is 0 Å². The molecule has 0 amide bonds. The third-order valence-electron chi connectivity index (χ3n) is 4.20. The van der Waals surface area contributed by atoms with Crippen molar-refractivity contribution in [3.05, 3.63) is 60.0 Å². The lowest BCUT2D eigenvalue weighted by Crippen LogP contribution is -2.19. The summed E-state index contributed by atoms with van der Waals surface area (Å²) in [4.78, 5) is 10.8. The van der Waals surface area contributed by atoms with Gasteiger partial charge in [-0.15, -0.1) is 0 Å². The Morgan fingerprint density at radius 1 is 1.23 bits per heavy atom. The van der Waals surface area contributed by atoms with E-state index in [4.69, 9.17) is 4.42 Å². The van der Waals surface area contributed by atoms with E-state index in [1.54, 1.807) is 6.07 Å². The van der Waals surface area contributed by atoms with E-state index in [0.717, 1.165) is 19.5 Å². The van der Waals surface area contributed by atoms with Gasteiger partial charge in [0.15, 0.2) is 5.58 Å². The SMILES string of the molecule is Fc1ccc2nc(CN3CCC(c4ccncc4)C3)oc2c1. The molecule has 3 aromatic rings. The normalized spacial score (nSPS) is 19.0. The van der Waals surface area contributed by atoms with Gasteiger partial charge in [-0.2, -0.15) is 0 Å². The quantitative estimate of drug-likeness (QED) is 0.743. The van der Waals surface area contributed by atoms with Crippen molar-refractivity contribution in [2.45, 2.75) is 18.9 Å². The van der Waals surface area contributed by atoms with Crippen LogP contribution in [0, 0.1) is 5.82 Å². The van der Waals surface area contributed by atoms with Gasteiger partial charge in [0.2, 0.25) is 5.89 Å². The summed E-state index contributed by atoms with van der Waals surface area (Å²) in [6.45, 7) is 2.66. The van der Waals surface area contributed by atoms with Gasteiger partial charge in [0.1, 0.15) is 11.3 Å². The van der Waals surface area contributed by atoms with E-state index in [-0.39, 0.29) is 5.82 Å². The maximum Gasteiger partial charge on any atom is 0.209 e. The summed E-state index contributed by atoms with van der Waals surface area (Å²) in [6.07, 6.45) is 4.81. The van der Waals surface area contributed by atoms with Crippen LogP contribution in [0.25, 0.3) is 11.1 Å². The molecular weight excluding hydrogens is 281 g/mol. The van der Waals surface area contributed by atoms with Crippen LogP contribution in [0.4, 0.5) is 4.39 Å². The highest BCUT2D eigenvalue weighted by molar-refractivity contribution is 5.72. The Morgan fingerprint density at radius 2 is 2.09 bits per heavy atom. The number of nitrogens with zero attached hydrogens (tertiary/aromatic N) is 3. The zero-order chi connectivity index (χ0) is 14.9. The Bertz CT molecular complexity index is 787. The van der Waals surface area contributed by atoms with Crippen LogP contribution in [0.3, 0.4) is 0 Å². The van der Waals surface area contributed by atoms with Crippen molar-refractivity contribution in [1.82, 2.24) is 14.9 Å². The van der Waals surface area contributed by atoms with Gasteiger partial charge in [-0.25, -0.2) is 9.37 Å². The van der Waals surface area contributed by atoms with Gasteiger partial charge in [0.25, 0.3) is 0 Å². The molecule has 0 spiro atoms. The van der Waals surface area contributed by atoms with Gasteiger partial charge in [0, 0.05) is 25.0 Å². The molecule has 3 heterocycles. The van der Waals surface area contributed by atoms with Crippen molar-refractivity contribution in [3.63, 3.8) is 0 Å². The maximum atomic E-state index is 13.2. The van der Waals surface area contributed by atoms with Gasteiger partial charge in [0.05, 0.1) is 6.54 Å². The number of likely N-dealkylation sites (tertiary alicyclic amines) is 1. The topological polar surface area (TPSA) is 42.2 Å². The molecule has 112 valence electrons. The lowest BCUT2D eigenvalue weighted by atomic mass is 10.00. The van der Waals surface area contributed by atoms with Crippen molar-refractivity contribution in [3.8, 4) is 0 Å². The van der Waals surface area contributed by atoms with Crippen LogP contribution in [0.2, 0.25) is 0 Å². The van der Waals surface area contributed by atoms with E-state index in [9.17, 15) is 4.39 Å². The van der Waals surface area contributed by atoms with Crippen LogP contribution < -0.4 is 0 Å².